The molecule has 20 heavy (non-hydrogen) atoms. The van der Waals surface area contributed by atoms with E-state index >= 15 is 0 Å². The number of amides is 2. The molecule has 6 nitrogen and oxygen atoms in total. The van der Waals surface area contributed by atoms with Crippen LogP contribution in [0.1, 0.15) is 40.5 Å². The standard InChI is InChI=1S/C14H24N2O4/c1-5-6-15-13(18)10(4)16-9(3)12(14(19)20)8(2)7-11(16)17/h8-10,12H,5-7H2,1-4H3,(H,15,18)(H,19,20). The maximum absolute atomic E-state index is 12.2. The second-order valence-corrected chi connectivity index (χ2v) is 5.55. The Morgan fingerprint density at radius 2 is 2.05 bits per heavy atom. The number of rotatable bonds is 5. The van der Waals surface area contributed by atoms with Gasteiger partial charge in [0.1, 0.15) is 6.04 Å². The lowest BCUT2D eigenvalue weighted by Gasteiger charge is -2.43. The predicted octanol–water partition coefficient (Wildman–Crippen LogP) is 0.859. The van der Waals surface area contributed by atoms with E-state index in [4.69, 9.17) is 0 Å². The van der Waals surface area contributed by atoms with Gasteiger partial charge in [-0.1, -0.05) is 13.8 Å². The molecule has 2 amide bonds. The Balaban J connectivity index is 2.88. The Kier molecular flexibility index (Phi) is 5.53. The van der Waals surface area contributed by atoms with Gasteiger partial charge >= 0.3 is 5.97 Å². The summed E-state index contributed by atoms with van der Waals surface area (Å²) in [5.74, 6) is -2.14. The quantitative estimate of drug-likeness (QED) is 0.784. The van der Waals surface area contributed by atoms with Gasteiger partial charge in [0, 0.05) is 19.0 Å². The molecule has 114 valence electrons. The lowest BCUT2D eigenvalue weighted by Crippen LogP contribution is -2.59. The van der Waals surface area contributed by atoms with Crippen LogP contribution in [0.4, 0.5) is 0 Å². The van der Waals surface area contributed by atoms with E-state index in [0.717, 1.165) is 6.42 Å². The molecule has 0 aromatic heterocycles. The fourth-order valence-electron chi connectivity index (χ4n) is 2.92. The van der Waals surface area contributed by atoms with E-state index in [2.05, 4.69) is 5.32 Å². The molecule has 0 spiro atoms. The van der Waals surface area contributed by atoms with Gasteiger partial charge in [0.2, 0.25) is 11.8 Å². The van der Waals surface area contributed by atoms with Crippen LogP contribution in [0.25, 0.3) is 0 Å². The highest BCUT2D eigenvalue weighted by atomic mass is 16.4. The molecule has 1 heterocycles. The molecular weight excluding hydrogens is 260 g/mol. The fraction of sp³-hybridized carbons (Fsp3) is 0.786. The SMILES string of the molecule is CCCNC(=O)C(C)N1C(=O)CC(C)C(C(=O)O)C1C. The van der Waals surface area contributed by atoms with Crippen molar-refractivity contribution in [3.05, 3.63) is 0 Å². The minimum absolute atomic E-state index is 0.151. The summed E-state index contributed by atoms with van der Waals surface area (Å²) in [6, 6.07) is -1.12. The third-order valence-electron chi connectivity index (χ3n) is 3.99. The smallest absolute Gasteiger partial charge is 0.308 e. The molecule has 2 N–H and O–H groups in total. The number of hydrogen-bond acceptors (Lipinski definition) is 3. The molecule has 4 atom stereocenters. The summed E-state index contributed by atoms with van der Waals surface area (Å²) in [4.78, 5) is 36.9. The third-order valence-corrected chi connectivity index (χ3v) is 3.99. The Hall–Kier alpha value is -1.59. The second kappa shape index (κ2) is 6.72. The normalized spacial score (nSPS) is 28.1. The van der Waals surface area contributed by atoms with Gasteiger partial charge in [-0.05, 0) is 26.2 Å². The van der Waals surface area contributed by atoms with Crippen molar-refractivity contribution in [3.63, 3.8) is 0 Å². The highest BCUT2D eigenvalue weighted by molar-refractivity contribution is 5.89. The van der Waals surface area contributed by atoms with Crippen LogP contribution in [0.15, 0.2) is 0 Å². The van der Waals surface area contributed by atoms with Gasteiger partial charge in [-0.3, -0.25) is 14.4 Å². The van der Waals surface area contributed by atoms with Crippen LogP contribution in [-0.2, 0) is 14.4 Å². The summed E-state index contributed by atoms with van der Waals surface area (Å²) in [5, 5.41) is 12.1. The van der Waals surface area contributed by atoms with Crippen molar-refractivity contribution in [3.8, 4) is 0 Å². The molecule has 0 aliphatic carbocycles. The molecule has 6 heteroatoms. The van der Waals surface area contributed by atoms with Crippen molar-refractivity contribution in [1.82, 2.24) is 10.2 Å². The van der Waals surface area contributed by atoms with Crippen molar-refractivity contribution in [2.75, 3.05) is 6.54 Å². The minimum atomic E-state index is -0.913. The van der Waals surface area contributed by atoms with Gasteiger partial charge < -0.3 is 15.3 Å². The average molecular weight is 284 g/mol. The van der Waals surface area contributed by atoms with E-state index in [0.29, 0.717) is 6.54 Å². The number of carbonyl (C=O) groups is 3. The number of piperidine rings is 1. The molecule has 4 unspecified atom stereocenters. The Morgan fingerprint density at radius 1 is 1.45 bits per heavy atom. The lowest BCUT2D eigenvalue weighted by atomic mass is 9.80. The first-order chi connectivity index (χ1) is 9.31. The summed E-state index contributed by atoms with van der Waals surface area (Å²) in [5.41, 5.74) is 0. The molecule has 1 aliphatic heterocycles. The maximum Gasteiger partial charge on any atom is 0.308 e. The monoisotopic (exact) mass is 284 g/mol. The zero-order chi connectivity index (χ0) is 15.4. The van der Waals surface area contributed by atoms with Crippen LogP contribution in [0.3, 0.4) is 0 Å². The second-order valence-electron chi connectivity index (χ2n) is 5.55. The fourth-order valence-corrected chi connectivity index (χ4v) is 2.92. The molecule has 1 saturated heterocycles. The summed E-state index contributed by atoms with van der Waals surface area (Å²) in [6.45, 7) is 7.62. The first kappa shape index (κ1) is 16.5. The molecule has 0 aromatic carbocycles. The lowest BCUT2D eigenvalue weighted by molar-refractivity contribution is -0.159. The molecule has 0 saturated carbocycles. The van der Waals surface area contributed by atoms with Crippen molar-refractivity contribution in [1.29, 1.82) is 0 Å². The van der Waals surface area contributed by atoms with Crippen LogP contribution < -0.4 is 5.32 Å². The molecule has 0 bridgehead atoms. The zero-order valence-electron chi connectivity index (χ0n) is 12.5. The van der Waals surface area contributed by atoms with E-state index in [1.54, 1.807) is 20.8 Å². The molecule has 1 rings (SSSR count). The largest absolute Gasteiger partial charge is 0.481 e. The number of hydrogen-bond donors (Lipinski definition) is 2. The zero-order valence-corrected chi connectivity index (χ0v) is 12.5. The first-order valence-electron chi connectivity index (χ1n) is 7.12. The van der Waals surface area contributed by atoms with Crippen molar-refractivity contribution >= 4 is 17.8 Å². The van der Waals surface area contributed by atoms with E-state index in [9.17, 15) is 19.5 Å². The van der Waals surface area contributed by atoms with Gasteiger partial charge in [-0.25, -0.2) is 0 Å². The van der Waals surface area contributed by atoms with Gasteiger partial charge in [0.05, 0.1) is 5.92 Å². The summed E-state index contributed by atoms with van der Waals surface area (Å²) < 4.78 is 0. The molecule has 0 radical (unpaired) electrons. The molecule has 1 fully saturated rings. The van der Waals surface area contributed by atoms with Crippen LogP contribution in [-0.4, -0.2) is 46.4 Å². The van der Waals surface area contributed by atoms with Crippen LogP contribution in [0, 0.1) is 11.8 Å². The molecule has 0 aromatic rings. The van der Waals surface area contributed by atoms with Gasteiger partial charge in [-0.15, -0.1) is 0 Å². The number of aliphatic carboxylic acids is 1. The number of carbonyl (C=O) groups excluding carboxylic acids is 2. The Morgan fingerprint density at radius 3 is 2.55 bits per heavy atom. The van der Waals surface area contributed by atoms with Crippen LogP contribution in [0.2, 0.25) is 0 Å². The van der Waals surface area contributed by atoms with Crippen molar-refractivity contribution in [2.24, 2.45) is 11.8 Å². The predicted molar refractivity (Wildman–Crippen MR) is 74.0 cm³/mol. The number of nitrogens with zero attached hydrogens (tertiary/aromatic N) is 1. The van der Waals surface area contributed by atoms with Crippen molar-refractivity contribution < 1.29 is 19.5 Å². The van der Waals surface area contributed by atoms with Crippen LogP contribution >= 0.6 is 0 Å². The van der Waals surface area contributed by atoms with E-state index in [1.807, 2.05) is 6.92 Å². The highest BCUT2D eigenvalue weighted by Crippen LogP contribution is 2.31. The van der Waals surface area contributed by atoms with E-state index in [-0.39, 0.29) is 24.2 Å². The number of nitrogens with one attached hydrogen (secondary N) is 1. The van der Waals surface area contributed by atoms with Gasteiger partial charge in [-0.2, -0.15) is 0 Å². The van der Waals surface area contributed by atoms with E-state index < -0.39 is 24.0 Å². The molecule has 1 aliphatic rings. The number of carboxylic acid groups (broad SMARTS) is 1. The number of likely N-dealkylation sites (tertiary alicyclic amines) is 1. The summed E-state index contributed by atoms with van der Waals surface area (Å²) in [7, 11) is 0. The third kappa shape index (κ3) is 3.29. The van der Waals surface area contributed by atoms with Crippen molar-refractivity contribution in [2.45, 2.75) is 52.6 Å². The van der Waals surface area contributed by atoms with Crippen LogP contribution in [0.5, 0.6) is 0 Å². The Labute approximate surface area is 119 Å². The minimum Gasteiger partial charge on any atom is -0.481 e. The Bertz CT molecular complexity index is 397. The molecular formula is C14H24N2O4. The van der Waals surface area contributed by atoms with Gasteiger partial charge in [0.25, 0.3) is 0 Å². The maximum atomic E-state index is 12.2. The topological polar surface area (TPSA) is 86.7 Å². The first-order valence-corrected chi connectivity index (χ1v) is 7.12. The van der Waals surface area contributed by atoms with Gasteiger partial charge in [0.15, 0.2) is 0 Å². The summed E-state index contributed by atoms with van der Waals surface area (Å²) in [6.07, 6.45) is 0.990. The average Bonchev–Trinajstić information content (AvgIpc) is 2.34. The van der Waals surface area contributed by atoms with E-state index in [1.165, 1.54) is 4.90 Å². The summed E-state index contributed by atoms with van der Waals surface area (Å²) >= 11 is 0. The number of carboxylic acids is 1. The highest BCUT2D eigenvalue weighted by Gasteiger charge is 2.44.